The topological polar surface area (TPSA) is 20.2 Å². The second-order valence-electron chi connectivity index (χ2n) is 5.79. The summed E-state index contributed by atoms with van der Waals surface area (Å²) in [6, 6.07) is 0. The highest BCUT2D eigenvalue weighted by Gasteiger charge is 2.60. The monoisotopic (exact) mass is 168 g/mol. The van der Waals surface area contributed by atoms with Gasteiger partial charge in [0.15, 0.2) is 0 Å². The third-order valence-corrected chi connectivity index (χ3v) is 5.14. The number of aliphatic hydroxyl groups excluding tert-OH is 1. The van der Waals surface area contributed by atoms with Crippen LogP contribution >= 0.6 is 0 Å². The third kappa shape index (κ3) is 0.736. The number of aliphatic hydroxyl groups is 1. The number of hydrogen-bond donors (Lipinski definition) is 1. The van der Waals surface area contributed by atoms with Gasteiger partial charge >= 0.3 is 0 Å². The molecule has 2 aliphatic rings. The van der Waals surface area contributed by atoms with Crippen molar-refractivity contribution in [3.8, 4) is 0 Å². The number of rotatable bonds is 0. The van der Waals surface area contributed by atoms with Crippen molar-refractivity contribution in [2.75, 3.05) is 0 Å². The molecule has 2 aliphatic carbocycles. The molecule has 0 aromatic rings. The van der Waals surface area contributed by atoms with Crippen molar-refractivity contribution >= 4 is 0 Å². The molecule has 0 radical (unpaired) electrons. The van der Waals surface area contributed by atoms with Gasteiger partial charge in [0.05, 0.1) is 6.10 Å². The zero-order valence-electron chi connectivity index (χ0n) is 8.59. The molecule has 1 nitrogen and oxygen atoms in total. The average molecular weight is 168 g/mol. The standard InChI is InChI=1S/C11H20O/c1-10(2)7-5-8(9(12)6-7)11(10,3)4/h7-9,12H,5-6H2,1-4H3/t7-,8+,9+/m0/s1. The first-order chi connectivity index (χ1) is 5.37. The van der Waals surface area contributed by atoms with Crippen LogP contribution in [0.3, 0.4) is 0 Å². The van der Waals surface area contributed by atoms with Crippen LogP contribution in [0.25, 0.3) is 0 Å². The fourth-order valence-electron chi connectivity index (χ4n) is 3.38. The van der Waals surface area contributed by atoms with Crippen molar-refractivity contribution in [1.82, 2.24) is 0 Å². The van der Waals surface area contributed by atoms with Gasteiger partial charge in [0.1, 0.15) is 0 Å². The van der Waals surface area contributed by atoms with Crippen molar-refractivity contribution in [3.63, 3.8) is 0 Å². The Morgan fingerprint density at radius 2 is 1.58 bits per heavy atom. The van der Waals surface area contributed by atoms with E-state index in [1.165, 1.54) is 6.42 Å². The Morgan fingerprint density at radius 1 is 1.00 bits per heavy atom. The summed E-state index contributed by atoms with van der Waals surface area (Å²) < 4.78 is 0. The Morgan fingerprint density at radius 3 is 1.92 bits per heavy atom. The first-order valence-electron chi connectivity index (χ1n) is 5.05. The van der Waals surface area contributed by atoms with Gasteiger partial charge in [-0.15, -0.1) is 0 Å². The lowest BCUT2D eigenvalue weighted by atomic mass is 9.59. The molecule has 0 aromatic heterocycles. The van der Waals surface area contributed by atoms with Crippen molar-refractivity contribution < 1.29 is 5.11 Å². The molecule has 0 spiro atoms. The van der Waals surface area contributed by atoms with Crippen LogP contribution in [0.2, 0.25) is 0 Å². The van der Waals surface area contributed by atoms with E-state index >= 15 is 0 Å². The highest BCUT2D eigenvalue weighted by Crippen LogP contribution is 2.65. The minimum atomic E-state index is -0.0157. The Hall–Kier alpha value is -0.0400. The van der Waals surface area contributed by atoms with E-state index in [9.17, 15) is 5.11 Å². The summed E-state index contributed by atoms with van der Waals surface area (Å²) in [5, 5.41) is 9.79. The van der Waals surface area contributed by atoms with E-state index in [0.29, 0.717) is 16.7 Å². The third-order valence-electron chi connectivity index (χ3n) is 5.14. The molecule has 0 unspecified atom stereocenters. The maximum atomic E-state index is 9.79. The quantitative estimate of drug-likeness (QED) is 0.589. The van der Waals surface area contributed by atoms with Gasteiger partial charge in [-0.2, -0.15) is 0 Å². The molecule has 0 amide bonds. The van der Waals surface area contributed by atoms with Crippen molar-refractivity contribution in [1.29, 1.82) is 0 Å². The van der Waals surface area contributed by atoms with E-state index in [0.717, 1.165) is 12.3 Å². The highest BCUT2D eigenvalue weighted by molar-refractivity contribution is 5.10. The lowest BCUT2D eigenvalue weighted by Gasteiger charge is -2.47. The highest BCUT2D eigenvalue weighted by atomic mass is 16.3. The minimum absolute atomic E-state index is 0.0157. The zero-order chi connectivity index (χ0) is 9.15. The molecule has 0 heterocycles. The molecule has 1 N–H and O–H groups in total. The van der Waals surface area contributed by atoms with Gasteiger partial charge in [0.2, 0.25) is 0 Å². The molecule has 2 bridgehead atoms. The average Bonchev–Trinajstić information content (AvgIpc) is 2.35. The van der Waals surface area contributed by atoms with Gasteiger partial charge in [0, 0.05) is 0 Å². The number of fused-ring (bicyclic) bond motifs is 2. The van der Waals surface area contributed by atoms with Gasteiger partial charge in [-0.1, -0.05) is 27.7 Å². The second-order valence-corrected chi connectivity index (χ2v) is 5.79. The van der Waals surface area contributed by atoms with Crippen molar-refractivity contribution in [2.45, 2.75) is 46.6 Å². The van der Waals surface area contributed by atoms with Crippen LogP contribution in [0.1, 0.15) is 40.5 Å². The molecular formula is C11H20O. The molecule has 3 atom stereocenters. The van der Waals surface area contributed by atoms with Crippen LogP contribution < -0.4 is 0 Å². The largest absolute Gasteiger partial charge is 0.393 e. The predicted molar refractivity (Wildman–Crippen MR) is 49.8 cm³/mol. The van der Waals surface area contributed by atoms with Gasteiger partial charge in [0.25, 0.3) is 0 Å². The minimum Gasteiger partial charge on any atom is -0.393 e. The summed E-state index contributed by atoms with van der Waals surface area (Å²) in [4.78, 5) is 0. The van der Waals surface area contributed by atoms with E-state index in [1.807, 2.05) is 0 Å². The van der Waals surface area contributed by atoms with Crippen LogP contribution in [-0.2, 0) is 0 Å². The molecule has 0 aromatic carbocycles. The lowest BCUT2D eigenvalue weighted by Crippen LogP contribution is -2.43. The molecule has 0 saturated heterocycles. The van der Waals surface area contributed by atoms with Crippen LogP contribution in [0.5, 0.6) is 0 Å². The summed E-state index contributed by atoms with van der Waals surface area (Å²) in [5.41, 5.74) is 0.756. The molecule has 70 valence electrons. The maximum Gasteiger partial charge on any atom is 0.0576 e. The van der Waals surface area contributed by atoms with Gasteiger partial charge in [-0.25, -0.2) is 0 Å². The van der Waals surface area contributed by atoms with E-state index < -0.39 is 0 Å². The summed E-state index contributed by atoms with van der Waals surface area (Å²) in [6.45, 7) is 9.37. The number of hydrogen-bond acceptors (Lipinski definition) is 1. The first-order valence-corrected chi connectivity index (χ1v) is 5.05. The molecule has 1 heteroatoms. The van der Waals surface area contributed by atoms with Crippen molar-refractivity contribution in [2.24, 2.45) is 22.7 Å². The molecule has 2 saturated carbocycles. The normalized spacial score (nSPS) is 48.2. The molecular weight excluding hydrogens is 148 g/mol. The van der Waals surface area contributed by atoms with Crippen LogP contribution in [0.15, 0.2) is 0 Å². The fraction of sp³-hybridized carbons (Fsp3) is 1.00. The Balaban J connectivity index is 2.36. The van der Waals surface area contributed by atoms with Crippen LogP contribution in [0.4, 0.5) is 0 Å². The van der Waals surface area contributed by atoms with E-state index in [2.05, 4.69) is 27.7 Å². The Labute approximate surface area is 75.2 Å². The summed E-state index contributed by atoms with van der Waals surface area (Å²) in [6.07, 6.45) is 2.28. The van der Waals surface area contributed by atoms with E-state index in [4.69, 9.17) is 0 Å². The zero-order valence-corrected chi connectivity index (χ0v) is 8.59. The second kappa shape index (κ2) is 2.06. The van der Waals surface area contributed by atoms with E-state index in [1.54, 1.807) is 0 Å². The van der Waals surface area contributed by atoms with Crippen LogP contribution in [-0.4, -0.2) is 11.2 Å². The molecule has 12 heavy (non-hydrogen) atoms. The SMILES string of the molecule is CC1(C)[C@@H]2C[C@@H](O)[C@@H](C2)C1(C)C. The Kier molecular flexibility index (Phi) is 1.47. The molecule has 0 aliphatic heterocycles. The predicted octanol–water partition coefficient (Wildman–Crippen LogP) is 2.44. The molecule has 2 rings (SSSR count). The smallest absolute Gasteiger partial charge is 0.0576 e. The van der Waals surface area contributed by atoms with Crippen LogP contribution in [0, 0.1) is 22.7 Å². The summed E-state index contributed by atoms with van der Waals surface area (Å²) >= 11 is 0. The van der Waals surface area contributed by atoms with Crippen molar-refractivity contribution in [3.05, 3.63) is 0 Å². The van der Waals surface area contributed by atoms with E-state index in [-0.39, 0.29) is 6.10 Å². The Bertz CT molecular complexity index is 205. The fourth-order valence-corrected chi connectivity index (χ4v) is 3.38. The maximum absolute atomic E-state index is 9.79. The molecule has 2 fully saturated rings. The first kappa shape index (κ1) is 8.55. The van der Waals surface area contributed by atoms with Gasteiger partial charge < -0.3 is 5.11 Å². The van der Waals surface area contributed by atoms with Gasteiger partial charge in [-0.05, 0) is 35.5 Å². The van der Waals surface area contributed by atoms with Gasteiger partial charge in [-0.3, -0.25) is 0 Å². The summed E-state index contributed by atoms with van der Waals surface area (Å²) in [5.74, 6) is 1.31. The lowest BCUT2D eigenvalue weighted by molar-refractivity contribution is -0.0385. The summed E-state index contributed by atoms with van der Waals surface area (Å²) in [7, 11) is 0.